The minimum absolute atomic E-state index is 0.0167. The zero-order chi connectivity index (χ0) is 27.4. The molecule has 0 saturated carbocycles. The molecular weight excluding hydrogens is 534 g/mol. The van der Waals surface area contributed by atoms with Gasteiger partial charge in [0.2, 0.25) is 0 Å². The number of nitrogens with zero attached hydrogens (tertiary/aromatic N) is 4. The standard InChI is InChI=1S/C24H22ClN7O5S/c1-13-6-14(9-26)7-17(24(34)27-2)20(13)30-23(33)15-8-16(37-38(35)36)12-32(11-15)22-18(10-29-31-22)21-19(25)4-3-5-28-21/h3-8,12,18,29H,10-11H2,1-2H3,(H,27,34)(H,30,33)(H,35,36). The summed E-state index contributed by atoms with van der Waals surface area (Å²) in [5, 5.41) is 19.3. The maximum absolute atomic E-state index is 13.4. The molecule has 3 heterocycles. The topological polar surface area (TPSA) is 169 Å². The second-order valence-corrected chi connectivity index (χ2v) is 9.25. The summed E-state index contributed by atoms with van der Waals surface area (Å²) < 4.78 is 25.7. The van der Waals surface area contributed by atoms with E-state index in [9.17, 15) is 23.6 Å². The molecule has 0 radical (unpaired) electrons. The molecule has 0 spiro atoms. The number of carbonyl (C=O) groups is 2. The van der Waals surface area contributed by atoms with Crippen molar-refractivity contribution < 1.29 is 22.5 Å². The van der Waals surface area contributed by atoms with Crippen LogP contribution in [0, 0.1) is 18.3 Å². The van der Waals surface area contributed by atoms with E-state index in [0.29, 0.717) is 28.7 Å². The number of hydrazone groups is 1. The molecule has 4 N–H and O–H groups in total. The first kappa shape index (κ1) is 26.8. The minimum atomic E-state index is -2.66. The van der Waals surface area contributed by atoms with Crippen LogP contribution in [0.1, 0.15) is 33.1 Å². The molecule has 0 saturated heterocycles. The Morgan fingerprint density at radius 2 is 2.16 bits per heavy atom. The average molecular weight is 556 g/mol. The normalized spacial score (nSPS) is 17.3. The van der Waals surface area contributed by atoms with Gasteiger partial charge in [-0.25, -0.2) is 0 Å². The van der Waals surface area contributed by atoms with E-state index in [1.165, 1.54) is 25.4 Å². The summed E-state index contributed by atoms with van der Waals surface area (Å²) >= 11 is 3.70. The van der Waals surface area contributed by atoms with Gasteiger partial charge in [-0.2, -0.15) is 14.6 Å². The van der Waals surface area contributed by atoms with Crippen LogP contribution in [0.3, 0.4) is 0 Å². The van der Waals surface area contributed by atoms with Gasteiger partial charge in [0.05, 0.1) is 46.1 Å². The lowest BCUT2D eigenvalue weighted by atomic mass is 10.0. The molecule has 2 atom stereocenters. The summed E-state index contributed by atoms with van der Waals surface area (Å²) in [6.45, 7) is 2.07. The maximum Gasteiger partial charge on any atom is 0.357 e. The fourth-order valence-corrected chi connectivity index (χ4v) is 4.61. The van der Waals surface area contributed by atoms with Crippen molar-refractivity contribution in [1.82, 2.24) is 20.6 Å². The Morgan fingerprint density at radius 3 is 2.84 bits per heavy atom. The predicted molar refractivity (Wildman–Crippen MR) is 140 cm³/mol. The Hall–Kier alpha value is -4.25. The number of nitrogens with one attached hydrogen (secondary N) is 3. The molecule has 2 unspecified atom stereocenters. The van der Waals surface area contributed by atoms with Crippen molar-refractivity contribution in [1.29, 1.82) is 5.26 Å². The number of pyridine rings is 1. The summed E-state index contributed by atoms with van der Waals surface area (Å²) in [5.41, 5.74) is 4.73. The largest absolute Gasteiger partial charge is 0.379 e. The van der Waals surface area contributed by atoms with Crippen LogP contribution in [0.25, 0.3) is 0 Å². The van der Waals surface area contributed by atoms with E-state index in [1.807, 2.05) is 6.07 Å². The Bertz CT molecular complexity index is 1470. The number of aryl methyl sites for hydroxylation is 1. The summed E-state index contributed by atoms with van der Waals surface area (Å²) in [5.74, 6) is -1.05. The third kappa shape index (κ3) is 5.67. The van der Waals surface area contributed by atoms with E-state index in [4.69, 9.17) is 15.8 Å². The van der Waals surface area contributed by atoms with Crippen LogP contribution in [0.15, 0.2) is 59.2 Å². The highest BCUT2D eigenvalue weighted by Crippen LogP contribution is 2.30. The number of allylic oxidation sites excluding steroid dienone is 1. The van der Waals surface area contributed by atoms with Crippen LogP contribution >= 0.6 is 11.6 Å². The third-order valence-electron chi connectivity index (χ3n) is 5.79. The number of nitriles is 1. The van der Waals surface area contributed by atoms with Crippen LogP contribution < -0.4 is 16.1 Å². The monoisotopic (exact) mass is 555 g/mol. The van der Waals surface area contributed by atoms with Gasteiger partial charge in [0.25, 0.3) is 11.8 Å². The van der Waals surface area contributed by atoms with Crippen LogP contribution in [-0.4, -0.2) is 56.4 Å². The quantitative estimate of drug-likeness (QED) is 0.390. The first-order valence-electron chi connectivity index (χ1n) is 11.2. The van der Waals surface area contributed by atoms with Crippen molar-refractivity contribution in [3.8, 4) is 6.07 Å². The van der Waals surface area contributed by atoms with Gasteiger partial charge in [0, 0.05) is 31.6 Å². The van der Waals surface area contributed by atoms with Crippen LogP contribution in [-0.2, 0) is 20.3 Å². The molecule has 2 aromatic rings. The van der Waals surface area contributed by atoms with Gasteiger partial charge >= 0.3 is 11.4 Å². The van der Waals surface area contributed by atoms with Crippen molar-refractivity contribution in [3.63, 3.8) is 0 Å². The number of halogens is 1. The lowest BCUT2D eigenvalue weighted by Gasteiger charge is -2.28. The number of carbonyl (C=O) groups excluding carboxylic acids is 2. The van der Waals surface area contributed by atoms with Gasteiger partial charge in [-0.15, -0.1) is 0 Å². The van der Waals surface area contributed by atoms with Crippen molar-refractivity contribution >= 4 is 46.3 Å². The van der Waals surface area contributed by atoms with E-state index in [1.54, 1.807) is 36.2 Å². The molecule has 4 rings (SSSR count). The Kier molecular flexibility index (Phi) is 8.06. The molecule has 0 aliphatic carbocycles. The third-order valence-corrected chi connectivity index (χ3v) is 6.44. The zero-order valence-electron chi connectivity index (χ0n) is 20.2. The van der Waals surface area contributed by atoms with Gasteiger partial charge in [0.15, 0.2) is 5.76 Å². The molecule has 196 valence electrons. The summed E-state index contributed by atoms with van der Waals surface area (Å²) in [6.07, 6.45) is 4.38. The molecule has 14 heteroatoms. The number of anilines is 1. The number of benzene rings is 1. The molecule has 2 amide bonds. The highest BCUT2D eigenvalue weighted by molar-refractivity contribution is 7.74. The minimum Gasteiger partial charge on any atom is -0.379 e. The van der Waals surface area contributed by atoms with E-state index < -0.39 is 23.2 Å². The molecule has 2 aliphatic rings. The van der Waals surface area contributed by atoms with Crippen LogP contribution in [0.4, 0.5) is 5.69 Å². The molecule has 1 aromatic carbocycles. The molecule has 0 fully saturated rings. The first-order valence-corrected chi connectivity index (χ1v) is 12.6. The average Bonchev–Trinajstić information content (AvgIpc) is 3.38. The second kappa shape index (κ2) is 11.4. The molecule has 2 aliphatic heterocycles. The van der Waals surface area contributed by atoms with E-state index >= 15 is 0 Å². The number of hydrogen-bond acceptors (Lipinski definition) is 9. The Labute approximate surface area is 225 Å². The number of rotatable bonds is 6. The SMILES string of the molecule is CNC(=O)c1cc(C#N)cc(C)c1NC(=O)C1=CC(OS(=O)O)=CN(C2=NNCC2c2ncccc2Cl)C1. The number of amides is 2. The Morgan fingerprint density at radius 1 is 1.37 bits per heavy atom. The van der Waals surface area contributed by atoms with Gasteiger partial charge in [-0.1, -0.05) is 11.6 Å². The van der Waals surface area contributed by atoms with Gasteiger partial charge < -0.3 is 25.1 Å². The Balaban J connectivity index is 1.67. The number of hydrogen-bond donors (Lipinski definition) is 4. The molecule has 38 heavy (non-hydrogen) atoms. The lowest BCUT2D eigenvalue weighted by molar-refractivity contribution is -0.113. The molecule has 1 aromatic heterocycles. The number of amidine groups is 1. The molecule has 0 bridgehead atoms. The van der Waals surface area contributed by atoms with Gasteiger partial charge in [-0.3, -0.25) is 19.1 Å². The van der Waals surface area contributed by atoms with E-state index in [0.717, 1.165) is 0 Å². The summed E-state index contributed by atoms with van der Waals surface area (Å²) in [6, 6.07) is 8.34. The highest BCUT2D eigenvalue weighted by atomic mass is 35.5. The van der Waals surface area contributed by atoms with Crippen molar-refractivity contribution in [2.24, 2.45) is 5.10 Å². The maximum atomic E-state index is 13.4. The zero-order valence-corrected chi connectivity index (χ0v) is 21.8. The predicted octanol–water partition coefficient (Wildman–Crippen LogP) is 2.15. The lowest BCUT2D eigenvalue weighted by Crippen LogP contribution is -2.37. The smallest absolute Gasteiger partial charge is 0.357 e. The molecular formula is C24H22ClN7O5S. The van der Waals surface area contributed by atoms with Gasteiger partial charge in [0.1, 0.15) is 5.84 Å². The van der Waals surface area contributed by atoms with Crippen LogP contribution in [0.5, 0.6) is 0 Å². The van der Waals surface area contributed by atoms with Crippen molar-refractivity contribution in [2.75, 3.05) is 25.5 Å². The number of aromatic nitrogens is 1. The van der Waals surface area contributed by atoms with Crippen molar-refractivity contribution in [3.05, 3.63) is 81.5 Å². The summed E-state index contributed by atoms with van der Waals surface area (Å²) in [7, 11) is 1.44. The van der Waals surface area contributed by atoms with Crippen molar-refractivity contribution in [2.45, 2.75) is 12.8 Å². The van der Waals surface area contributed by atoms with Crippen LogP contribution in [0.2, 0.25) is 5.02 Å². The van der Waals surface area contributed by atoms with Gasteiger partial charge in [-0.05, 0) is 42.8 Å². The summed E-state index contributed by atoms with van der Waals surface area (Å²) in [4.78, 5) is 31.9. The molecule has 12 nitrogen and oxygen atoms in total. The second-order valence-electron chi connectivity index (χ2n) is 8.25. The fraction of sp³-hybridized carbons (Fsp3) is 0.208. The van der Waals surface area contributed by atoms with E-state index in [-0.39, 0.29) is 40.6 Å². The van der Waals surface area contributed by atoms with E-state index in [2.05, 4.69) is 26.1 Å². The highest BCUT2D eigenvalue weighted by Gasteiger charge is 2.33. The first-order chi connectivity index (χ1) is 18.2. The fourth-order valence-electron chi connectivity index (χ4n) is 4.10.